The Labute approximate surface area is 69.5 Å². The third kappa shape index (κ3) is 1.23. The minimum atomic E-state index is -0.701. The Morgan fingerprint density at radius 3 is 3.00 bits per heavy atom. The van der Waals surface area contributed by atoms with E-state index in [0.29, 0.717) is 6.42 Å². The molecule has 0 aromatic carbocycles. The molecular weight excluding hydrogens is 160 g/mol. The van der Waals surface area contributed by atoms with Crippen LogP contribution in [0.1, 0.15) is 12.8 Å². The van der Waals surface area contributed by atoms with E-state index in [9.17, 15) is 9.59 Å². The lowest BCUT2D eigenvalue weighted by molar-refractivity contribution is -0.147. The molecule has 1 atom stereocenters. The van der Waals surface area contributed by atoms with Crippen LogP contribution >= 0.6 is 0 Å². The summed E-state index contributed by atoms with van der Waals surface area (Å²) in [5, 5.41) is 8.50. The lowest BCUT2D eigenvalue weighted by Crippen LogP contribution is -2.35. The van der Waals surface area contributed by atoms with Gasteiger partial charge in [0.2, 0.25) is 5.91 Å². The van der Waals surface area contributed by atoms with Crippen LogP contribution in [0, 0.1) is 11.5 Å². The van der Waals surface area contributed by atoms with E-state index in [1.165, 1.54) is 7.11 Å². The Kier molecular flexibility index (Phi) is 2.29. The van der Waals surface area contributed by atoms with Crippen molar-refractivity contribution in [1.82, 2.24) is 4.90 Å². The number of carbonyl (C=O) groups excluding carboxylic acids is 2. The van der Waals surface area contributed by atoms with Crippen LogP contribution in [-0.2, 0) is 14.3 Å². The summed E-state index contributed by atoms with van der Waals surface area (Å²) in [4.78, 5) is 22.8. The van der Waals surface area contributed by atoms with Crippen LogP contribution < -0.4 is 0 Å². The van der Waals surface area contributed by atoms with E-state index < -0.39 is 12.0 Å². The van der Waals surface area contributed by atoms with Crippen LogP contribution in [0.3, 0.4) is 0 Å². The summed E-state index contributed by atoms with van der Waals surface area (Å²) in [5.41, 5.74) is 0. The van der Waals surface area contributed by atoms with Crippen LogP contribution in [-0.4, -0.2) is 29.9 Å². The summed E-state index contributed by atoms with van der Waals surface area (Å²) < 4.78 is 4.43. The van der Waals surface area contributed by atoms with Crippen molar-refractivity contribution < 1.29 is 14.3 Å². The number of methoxy groups -OCH3 is 1. The van der Waals surface area contributed by atoms with Gasteiger partial charge in [-0.2, -0.15) is 5.26 Å². The second kappa shape index (κ2) is 3.22. The number of ether oxygens (including phenoxy) is 1. The van der Waals surface area contributed by atoms with Crippen molar-refractivity contribution in [1.29, 1.82) is 5.26 Å². The second-order valence-corrected chi connectivity index (χ2v) is 2.44. The molecule has 64 valence electrons. The first-order valence-corrected chi connectivity index (χ1v) is 3.50. The van der Waals surface area contributed by atoms with Gasteiger partial charge in [0.25, 0.3) is 0 Å². The van der Waals surface area contributed by atoms with Gasteiger partial charge in [-0.1, -0.05) is 0 Å². The van der Waals surface area contributed by atoms with E-state index in [2.05, 4.69) is 4.74 Å². The van der Waals surface area contributed by atoms with Crippen molar-refractivity contribution in [3.63, 3.8) is 0 Å². The maximum absolute atomic E-state index is 11.0. The largest absolute Gasteiger partial charge is 0.467 e. The molecule has 5 heteroatoms. The maximum Gasteiger partial charge on any atom is 0.329 e. The van der Waals surface area contributed by atoms with Crippen molar-refractivity contribution in [3.05, 3.63) is 0 Å². The molecule has 0 aromatic rings. The molecule has 0 saturated carbocycles. The van der Waals surface area contributed by atoms with E-state index in [4.69, 9.17) is 5.26 Å². The number of nitriles is 1. The molecular formula is C7H8N2O3. The van der Waals surface area contributed by atoms with Gasteiger partial charge < -0.3 is 4.74 Å². The normalized spacial score (nSPS) is 22.2. The third-order valence-electron chi connectivity index (χ3n) is 1.79. The molecule has 0 unspecified atom stereocenters. The molecule has 1 fully saturated rings. The standard InChI is InChI=1S/C7H8N2O3/c1-12-7(11)5-2-3-6(10)9(5)4-8/h5H,2-3H2,1H3/t5-/m0/s1. The van der Waals surface area contributed by atoms with Gasteiger partial charge in [-0.05, 0) is 6.42 Å². The molecule has 12 heavy (non-hydrogen) atoms. The van der Waals surface area contributed by atoms with Crippen molar-refractivity contribution in [2.75, 3.05) is 7.11 Å². The zero-order valence-corrected chi connectivity index (χ0v) is 6.61. The van der Waals surface area contributed by atoms with Gasteiger partial charge in [0.05, 0.1) is 7.11 Å². The van der Waals surface area contributed by atoms with Gasteiger partial charge in [-0.15, -0.1) is 0 Å². The molecule has 1 saturated heterocycles. The van der Waals surface area contributed by atoms with E-state index in [-0.39, 0.29) is 12.3 Å². The molecule has 1 aliphatic rings. The highest BCUT2D eigenvalue weighted by Crippen LogP contribution is 2.18. The smallest absolute Gasteiger partial charge is 0.329 e. The first kappa shape index (κ1) is 8.53. The first-order chi connectivity index (χ1) is 5.70. The van der Waals surface area contributed by atoms with Crippen LogP contribution in [0.15, 0.2) is 0 Å². The Morgan fingerprint density at radius 1 is 1.83 bits per heavy atom. The van der Waals surface area contributed by atoms with Crippen LogP contribution in [0.5, 0.6) is 0 Å². The van der Waals surface area contributed by atoms with Gasteiger partial charge in [0.15, 0.2) is 6.19 Å². The van der Waals surface area contributed by atoms with Crippen LogP contribution in [0.2, 0.25) is 0 Å². The minimum Gasteiger partial charge on any atom is -0.467 e. The number of likely N-dealkylation sites (tertiary alicyclic amines) is 1. The first-order valence-electron chi connectivity index (χ1n) is 3.50. The zero-order valence-electron chi connectivity index (χ0n) is 6.61. The molecule has 0 spiro atoms. The molecule has 0 aromatic heterocycles. The SMILES string of the molecule is COC(=O)[C@@H]1CCC(=O)N1C#N. The van der Waals surface area contributed by atoms with Crippen molar-refractivity contribution in [2.24, 2.45) is 0 Å². The quantitative estimate of drug-likeness (QED) is 0.395. The molecule has 0 bridgehead atoms. The minimum absolute atomic E-state index is 0.243. The fraction of sp³-hybridized carbons (Fsp3) is 0.571. The van der Waals surface area contributed by atoms with Crippen LogP contribution in [0.4, 0.5) is 0 Å². The predicted octanol–water partition coefficient (Wildman–Crippen LogP) is -0.369. The summed E-state index contributed by atoms with van der Waals surface area (Å²) in [7, 11) is 1.24. The Morgan fingerprint density at radius 2 is 2.50 bits per heavy atom. The Balaban J connectivity index is 2.75. The van der Waals surface area contributed by atoms with E-state index in [1.807, 2.05) is 0 Å². The van der Waals surface area contributed by atoms with Gasteiger partial charge in [-0.3, -0.25) is 4.79 Å². The Bertz CT molecular complexity index is 256. The number of nitrogens with zero attached hydrogens (tertiary/aromatic N) is 2. The number of hydrogen-bond donors (Lipinski definition) is 0. The average molecular weight is 168 g/mol. The number of amides is 1. The lowest BCUT2D eigenvalue weighted by atomic mass is 10.2. The molecule has 1 aliphatic heterocycles. The van der Waals surface area contributed by atoms with Crippen molar-refractivity contribution in [3.8, 4) is 6.19 Å². The summed E-state index contributed by atoms with van der Waals surface area (Å²) in [6.45, 7) is 0. The molecule has 1 amide bonds. The van der Waals surface area contributed by atoms with E-state index in [1.54, 1.807) is 6.19 Å². The average Bonchev–Trinajstić information content (AvgIpc) is 2.45. The topological polar surface area (TPSA) is 70.4 Å². The predicted molar refractivity (Wildman–Crippen MR) is 37.5 cm³/mol. The summed E-state index contributed by atoms with van der Waals surface area (Å²) >= 11 is 0. The summed E-state index contributed by atoms with van der Waals surface area (Å²) in [6.07, 6.45) is 2.28. The molecule has 0 N–H and O–H groups in total. The van der Waals surface area contributed by atoms with E-state index in [0.717, 1.165) is 4.90 Å². The lowest BCUT2D eigenvalue weighted by Gasteiger charge is -2.12. The maximum atomic E-state index is 11.0. The molecule has 5 nitrogen and oxygen atoms in total. The molecule has 1 rings (SSSR count). The van der Waals surface area contributed by atoms with Gasteiger partial charge in [0, 0.05) is 6.42 Å². The highest BCUT2D eigenvalue weighted by molar-refractivity contribution is 5.89. The summed E-state index contributed by atoms with van der Waals surface area (Å²) in [6, 6.07) is -0.701. The fourth-order valence-electron chi connectivity index (χ4n) is 1.17. The highest BCUT2D eigenvalue weighted by Gasteiger charge is 2.36. The molecule has 0 radical (unpaired) electrons. The zero-order chi connectivity index (χ0) is 9.14. The third-order valence-corrected chi connectivity index (χ3v) is 1.79. The molecule has 1 heterocycles. The van der Waals surface area contributed by atoms with Crippen molar-refractivity contribution >= 4 is 11.9 Å². The summed E-state index contributed by atoms with van der Waals surface area (Å²) in [5.74, 6) is -0.838. The number of hydrogen-bond acceptors (Lipinski definition) is 4. The van der Waals surface area contributed by atoms with E-state index >= 15 is 0 Å². The second-order valence-electron chi connectivity index (χ2n) is 2.44. The Hall–Kier alpha value is -1.57. The number of carbonyl (C=O) groups is 2. The fourth-order valence-corrected chi connectivity index (χ4v) is 1.17. The van der Waals surface area contributed by atoms with Gasteiger partial charge in [0.1, 0.15) is 6.04 Å². The number of esters is 1. The monoisotopic (exact) mass is 168 g/mol. The van der Waals surface area contributed by atoms with Crippen molar-refractivity contribution in [2.45, 2.75) is 18.9 Å². The van der Waals surface area contributed by atoms with Gasteiger partial charge in [-0.25, -0.2) is 9.69 Å². The van der Waals surface area contributed by atoms with Gasteiger partial charge >= 0.3 is 5.97 Å². The highest BCUT2D eigenvalue weighted by atomic mass is 16.5. The molecule has 0 aliphatic carbocycles. The number of rotatable bonds is 1. The van der Waals surface area contributed by atoms with Crippen LogP contribution in [0.25, 0.3) is 0 Å².